The molecule has 1 unspecified atom stereocenters. The highest BCUT2D eigenvalue weighted by atomic mass is 32.2. The molecule has 6 heteroatoms. The van der Waals surface area contributed by atoms with Crippen LogP contribution in [0.5, 0.6) is 0 Å². The molecule has 0 aliphatic carbocycles. The molecule has 2 N–H and O–H groups in total. The highest BCUT2D eigenvalue weighted by Crippen LogP contribution is 2.16. The third-order valence-corrected chi connectivity index (χ3v) is 4.07. The third kappa shape index (κ3) is 3.65. The highest BCUT2D eigenvalue weighted by molar-refractivity contribution is 7.90. The second-order valence-corrected chi connectivity index (χ2v) is 6.50. The molecule has 1 heterocycles. The number of rotatable bonds is 5. The van der Waals surface area contributed by atoms with Crippen LogP contribution in [-0.4, -0.2) is 24.6 Å². The number of nitrogens with one attached hydrogen (secondary N) is 2. The van der Waals surface area contributed by atoms with Crippen LogP contribution < -0.4 is 5.32 Å². The standard InChI is InChI=1S/C13H17N3O2S/c1-10(16-9-13-14-7-8-15-13)11-3-5-12(6-4-11)19(2,17)18/h3-8,10,16H,9H2,1-2H3,(H,14,15). The van der Waals surface area contributed by atoms with Gasteiger partial charge in [-0.25, -0.2) is 13.4 Å². The van der Waals surface area contributed by atoms with Crippen LogP contribution in [0, 0.1) is 0 Å². The molecule has 0 saturated carbocycles. The molecule has 1 aromatic heterocycles. The molecule has 2 aromatic rings. The summed E-state index contributed by atoms with van der Waals surface area (Å²) in [7, 11) is -3.13. The van der Waals surface area contributed by atoms with E-state index in [1.807, 2.05) is 19.1 Å². The van der Waals surface area contributed by atoms with Crippen molar-refractivity contribution >= 4 is 9.84 Å². The van der Waals surface area contributed by atoms with Crippen molar-refractivity contribution in [2.75, 3.05) is 6.26 Å². The monoisotopic (exact) mass is 279 g/mol. The van der Waals surface area contributed by atoms with Gasteiger partial charge < -0.3 is 10.3 Å². The van der Waals surface area contributed by atoms with E-state index in [2.05, 4.69) is 15.3 Å². The number of aromatic nitrogens is 2. The van der Waals surface area contributed by atoms with E-state index in [1.54, 1.807) is 24.5 Å². The van der Waals surface area contributed by atoms with Gasteiger partial charge in [0.1, 0.15) is 5.82 Å². The molecule has 0 radical (unpaired) electrons. The molecule has 1 aromatic carbocycles. The van der Waals surface area contributed by atoms with Crippen LogP contribution in [0.25, 0.3) is 0 Å². The van der Waals surface area contributed by atoms with E-state index >= 15 is 0 Å². The molecule has 0 fully saturated rings. The third-order valence-electron chi connectivity index (χ3n) is 2.94. The maximum Gasteiger partial charge on any atom is 0.175 e. The van der Waals surface area contributed by atoms with Gasteiger partial charge in [-0.05, 0) is 24.6 Å². The minimum atomic E-state index is -3.13. The summed E-state index contributed by atoms with van der Waals surface area (Å²) in [5.41, 5.74) is 1.04. The van der Waals surface area contributed by atoms with Crippen LogP contribution in [-0.2, 0) is 16.4 Å². The van der Waals surface area contributed by atoms with E-state index in [0.717, 1.165) is 11.4 Å². The Balaban J connectivity index is 2.01. The molecule has 2 rings (SSSR count). The van der Waals surface area contributed by atoms with E-state index in [1.165, 1.54) is 6.26 Å². The lowest BCUT2D eigenvalue weighted by Crippen LogP contribution is -2.18. The summed E-state index contributed by atoms with van der Waals surface area (Å²) in [6.45, 7) is 2.67. The van der Waals surface area contributed by atoms with Crippen LogP contribution in [0.4, 0.5) is 0 Å². The maximum absolute atomic E-state index is 11.4. The number of sulfone groups is 1. The number of hydrogen-bond acceptors (Lipinski definition) is 4. The predicted molar refractivity (Wildman–Crippen MR) is 73.4 cm³/mol. The van der Waals surface area contributed by atoms with E-state index in [0.29, 0.717) is 11.4 Å². The largest absolute Gasteiger partial charge is 0.348 e. The van der Waals surface area contributed by atoms with E-state index in [9.17, 15) is 8.42 Å². The summed E-state index contributed by atoms with van der Waals surface area (Å²) in [5, 5.41) is 3.32. The fourth-order valence-corrected chi connectivity index (χ4v) is 2.40. The van der Waals surface area contributed by atoms with Crippen LogP contribution in [0.3, 0.4) is 0 Å². The normalized spacial score (nSPS) is 13.4. The lowest BCUT2D eigenvalue weighted by Gasteiger charge is -2.13. The Morgan fingerprint density at radius 3 is 2.53 bits per heavy atom. The molecule has 5 nitrogen and oxygen atoms in total. The quantitative estimate of drug-likeness (QED) is 0.873. The average Bonchev–Trinajstić information content (AvgIpc) is 2.88. The van der Waals surface area contributed by atoms with Gasteiger partial charge >= 0.3 is 0 Å². The summed E-state index contributed by atoms with van der Waals surface area (Å²) in [5.74, 6) is 0.875. The molecule has 0 bridgehead atoms. The van der Waals surface area contributed by atoms with Gasteiger partial charge in [-0.1, -0.05) is 12.1 Å². The first-order chi connectivity index (χ1) is 8.97. The van der Waals surface area contributed by atoms with E-state index in [4.69, 9.17) is 0 Å². The Morgan fingerprint density at radius 1 is 1.32 bits per heavy atom. The van der Waals surface area contributed by atoms with Crippen LogP contribution in [0.1, 0.15) is 24.4 Å². The van der Waals surface area contributed by atoms with Gasteiger partial charge in [0.15, 0.2) is 9.84 Å². The maximum atomic E-state index is 11.4. The van der Waals surface area contributed by atoms with Gasteiger partial charge in [0.05, 0.1) is 11.4 Å². The molecule has 0 amide bonds. The highest BCUT2D eigenvalue weighted by Gasteiger charge is 2.09. The zero-order valence-corrected chi connectivity index (χ0v) is 11.7. The summed E-state index contributed by atoms with van der Waals surface area (Å²) < 4.78 is 22.7. The molecule has 0 aliphatic heterocycles. The lowest BCUT2D eigenvalue weighted by atomic mass is 10.1. The minimum Gasteiger partial charge on any atom is -0.348 e. The fourth-order valence-electron chi connectivity index (χ4n) is 1.77. The number of imidazole rings is 1. The SMILES string of the molecule is CC(NCc1ncc[nH]1)c1ccc(S(C)(=O)=O)cc1. The molecule has 0 saturated heterocycles. The van der Waals surface area contributed by atoms with Crippen molar-refractivity contribution in [1.82, 2.24) is 15.3 Å². The molecule has 102 valence electrons. The topological polar surface area (TPSA) is 74.8 Å². The molecule has 0 spiro atoms. The number of aromatic amines is 1. The van der Waals surface area contributed by atoms with Crippen molar-refractivity contribution in [3.63, 3.8) is 0 Å². The van der Waals surface area contributed by atoms with Gasteiger partial charge in [-0.2, -0.15) is 0 Å². The first kappa shape index (κ1) is 13.8. The average molecular weight is 279 g/mol. The second kappa shape index (κ2) is 5.54. The molecule has 19 heavy (non-hydrogen) atoms. The number of nitrogens with zero attached hydrogens (tertiary/aromatic N) is 1. The number of H-pyrrole nitrogens is 1. The molecule has 0 aliphatic rings. The number of hydrogen-bond donors (Lipinski definition) is 2. The Morgan fingerprint density at radius 2 is 2.00 bits per heavy atom. The van der Waals surface area contributed by atoms with Crippen molar-refractivity contribution in [2.45, 2.75) is 24.4 Å². The first-order valence-corrected chi connectivity index (χ1v) is 7.87. The van der Waals surface area contributed by atoms with Crippen molar-refractivity contribution in [2.24, 2.45) is 0 Å². The van der Waals surface area contributed by atoms with E-state index < -0.39 is 9.84 Å². The minimum absolute atomic E-state index is 0.124. The van der Waals surface area contributed by atoms with Crippen LogP contribution >= 0.6 is 0 Å². The molecular weight excluding hydrogens is 262 g/mol. The van der Waals surface area contributed by atoms with Gasteiger partial charge in [-0.3, -0.25) is 0 Å². The number of benzene rings is 1. The van der Waals surface area contributed by atoms with Crippen LogP contribution in [0.15, 0.2) is 41.6 Å². The molecular formula is C13H17N3O2S. The fraction of sp³-hybridized carbons (Fsp3) is 0.308. The lowest BCUT2D eigenvalue weighted by molar-refractivity contribution is 0.561. The Labute approximate surface area is 113 Å². The van der Waals surface area contributed by atoms with Crippen molar-refractivity contribution in [3.8, 4) is 0 Å². The van der Waals surface area contributed by atoms with Crippen molar-refractivity contribution in [1.29, 1.82) is 0 Å². The summed E-state index contributed by atoms with van der Waals surface area (Å²) in [6.07, 6.45) is 4.70. The zero-order valence-electron chi connectivity index (χ0n) is 10.9. The Kier molecular flexibility index (Phi) is 4.01. The summed E-state index contributed by atoms with van der Waals surface area (Å²) >= 11 is 0. The second-order valence-electron chi connectivity index (χ2n) is 4.48. The summed E-state index contributed by atoms with van der Waals surface area (Å²) in [4.78, 5) is 7.49. The van der Waals surface area contributed by atoms with E-state index in [-0.39, 0.29) is 6.04 Å². The molecule has 1 atom stereocenters. The smallest absolute Gasteiger partial charge is 0.175 e. The predicted octanol–water partition coefficient (Wildman–Crippen LogP) is 1.66. The van der Waals surface area contributed by atoms with Gasteiger partial charge in [-0.15, -0.1) is 0 Å². The Bertz CT molecular complexity index is 618. The van der Waals surface area contributed by atoms with Gasteiger partial charge in [0.25, 0.3) is 0 Å². The van der Waals surface area contributed by atoms with Crippen molar-refractivity contribution < 1.29 is 8.42 Å². The van der Waals surface area contributed by atoms with Crippen molar-refractivity contribution in [3.05, 3.63) is 48.0 Å². The van der Waals surface area contributed by atoms with Gasteiger partial charge in [0, 0.05) is 24.7 Å². The van der Waals surface area contributed by atoms with Gasteiger partial charge in [0.2, 0.25) is 0 Å². The Hall–Kier alpha value is -1.66. The summed E-state index contributed by atoms with van der Waals surface area (Å²) in [6, 6.07) is 7.05. The zero-order chi connectivity index (χ0) is 13.9. The van der Waals surface area contributed by atoms with Crippen LogP contribution in [0.2, 0.25) is 0 Å². The first-order valence-electron chi connectivity index (χ1n) is 5.98.